The molecule has 1 N–H and O–H groups in total. The molecule has 1 aromatic heterocycles. The average molecular weight is 277 g/mol. The van der Waals surface area contributed by atoms with Gasteiger partial charge in [0.1, 0.15) is 11.9 Å². The maximum atomic E-state index is 6.00. The lowest BCUT2D eigenvalue weighted by Crippen LogP contribution is -2.30. The zero-order valence-corrected chi connectivity index (χ0v) is 11.9. The highest BCUT2D eigenvalue weighted by molar-refractivity contribution is 6.30. The Morgan fingerprint density at radius 1 is 1.26 bits per heavy atom. The number of hydrogen-bond donors (Lipinski definition) is 1. The van der Waals surface area contributed by atoms with Crippen LogP contribution in [0, 0.1) is 13.8 Å². The molecule has 1 atom stereocenters. The van der Waals surface area contributed by atoms with Gasteiger partial charge < -0.3 is 10.2 Å². The molecule has 0 bridgehead atoms. The Labute approximate surface area is 118 Å². The van der Waals surface area contributed by atoms with Gasteiger partial charge in [0.15, 0.2) is 0 Å². The maximum absolute atomic E-state index is 6.00. The summed E-state index contributed by atoms with van der Waals surface area (Å²) < 4.78 is 8.00. The van der Waals surface area contributed by atoms with Gasteiger partial charge in [0.05, 0.1) is 6.54 Å². The second kappa shape index (κ2) is 4.82. The molecule has 19 heavy (non-hydrogen) atoms. The summed E-state index contributed by atoms with van der Waals surface area (Å²) >= 11 is 6.00. The quantitative estimate of drug-likeness (QED) is 0.931. The predicted molar refractivity (Wildman–Crippen MR) is 77.7 cm³/mol. The van der Waals surface area contributed by atoms with E-state index in [0.717, 1.165) is 23.7 Å². The van der Waals surface area contributed by atoms with Crippen LogP contribution in [0.15, 0.2) is 30.3 Å². The van der Waals surface area contributed by atoms with Gasteiger partial charge in [-0.15, -0.1) is 0 Å². The van der Waals surface area contributed by atoms with Crippen molar-refractivity contribution in [1.82, 2.24) is 4.68 Å². The first-order valence-corrected chi connectivity index (χ1v) is 6.85. The van der Waals surface area contributed by atoms with E-state index in [4.69, 9.17) is 16.3 Å². The standard InChI is InChI=1S/C15H17ClN2O/c1-10-3-4-11(2)18(10)17-9-14-8-12-7-13(16)5-6-15(12)19-14/h3-7,14,17H,8-9H2,1-2H3. The van der Waals surface area contributed by atoms with E-state index in [1.165, 1.54) is 17.0 Å². The van der Waals surface area contributed by atoms with Crippen LogP contribution >= 0.6 is 11.6 Å². The molecular formula is C15H17ClN2O. The molecule has 0 saturated carbocycles. The van der Waals surface area contributed by atoms with Crippen LogP contribution in [-0.2, 0) is 6.42 Å². The first-order valence-electron chi connectivity index (χ1n) is 6.47. The van der Waals surface area contributed by atoms with Gasteiger partial charge in [-0.3, -0.25) is 4.68 Å². The Hall–Kier alpha value is -1.61. The molecule has 100 valence electrons. The third kappa shape index (κ3) is 2.43. The summed E-state index contributed by atoms with van der Waals surface area (Å²) in [4.78, 5) is 0. The molecule has 4 heteroatoms. The minimum atomic E-state index is 0.162. The molecule has 0 amide bonds. The summed E-state index contributed by atoms with van der Waals surface area (Å²) in [6, 6.07) is 10.0. The van der Waals surface area contributed by atoms with E-state index in [2.05, 4.69) is 36.1 Å². The molecule has 2 aromatic rings. The lowest BCUT2D eigenvalue weighted by atomic mass is 10.1. The van der Waals surface area contributed by atoms with Crippen molar-refractivity contribution in [2.75, 3.05) is 12.0 Å². The van der Waals surface area contributed by atoms with E-state index in [1.807, 2.05) is 18.2 Å². The predicted octanol–water partition coefficient (Wildman–Crippen LogP) is 3.31. The number of aryl methyl sites for hydroxylation is 2. The third-order valence-corrected chi connectivity index (χ3v) is 3.75. The highest BCUT2D eigenvalue weighted by Crippen LogP contribution is 2.30. The van der Waals surface area contributed by atoms with Gasteiger partial charge in [-0.2, -0.15) is 0 Å². The van der Waals surface area contributed by atoms with Crippen LogP contribution in [-0.4, -0.2) is 17.3 Å². The van der Waals surface area contributed by atoms with Crippen LogP contribution in [0.4, 0.5) is 0 Å². The van der Waals surface area contributed by atoms with E-state index < -0.39 is 0 Å². The topological polar surface area (TPSA) is 26.2 Å². The summed E-state index contributed by atoms with van der Waals surface area (Å²) in [6.07, 6.45) is 1.07. The van der Waals surface area contributed by atoms with Crippen LogP contribution in [0.5, 0.6) is 5.75 Å². The van der Waals surface area contributed by atoms with Gasteiger partial charge in [-0.05, 0) is 49.7 Å². The molecule has 3 nitrogen and oxygen atoms in total. The summed E-state index contributed by atoms with van der Waals surface area (Å²) in [5.74, 6) is 0.956. The number of rotatable bonds is 3. The third-order valence-electron chi connectivity index (χ3n) is 3.51. The highest BCUT2D eigenvalue weighted by atomic mass is 35.5. The SMILES string of the molecule is Cc1ccc(C)n1NCC1Cc2cc(Cl)ccc2O1. The average Bonchev–Trinajstić information content (AvgIpc) is 2.91. The number of hydrogen-bond acceptors (Lipinski definition) is 2. The van der Waals surface area contributed by atoms with Gasteiger partial charge in [-0.1, -0.05) is 11.6 Å². The zero-order valence-electron chi connectivity index (χ0n) is 11.1. The van der Waals surface area contributed by atoms with Crippen molar-refractivity contribution in [3.8, 4) is 5.75 Å². The molecule has 0 saturated heterocycles. The molecular weight excluding hydrogens is 260 g/mol. The monoisotopic (exact) mass is 276 g/mol. The van der Waals surface area contributed by atoms with E-state index in [1.54, 1.807) is 0 Å². The van der Waals surface area contributed by atoms with Crippen LogP contribution < -0.4 is 10.2 Å². The van der Waals surface area contributed by atoms with Crippen molar-refractivity contribution in [1.29, 1.82) is 0 Å². The van der Waals surface area contributed by atoms with E-state index in [0.29, 0.717) is 0 Å². The largest absolute Gasteiger partial charge is 0.488 e. The summed E-state index contributed by atoms with van der Waals surface area (Å²) in [6.45, 7) is 4.96. The molecule has 1 aliphatic rings. The number of fused-ring (bicyclic) bond motifs is 1. The molecule has 0 aliphatic carbocycles. The van der Waals surface area contributed by atoms with Gasteiger partial charge in [0.2, 0.25) is 0 Å². The molecule has 1 aromatic carbocycles. The van der Waals surface area contributed by atoms with Gasteiger partial charge >= 0.3 is 0 Å². The second-order valence-corrected chi connectivity index (χ2v) is 5.45. The van der Waals surface area contributed by atoms with Crippen molar-refractivity contribution >= 4 is 11.6 Å². The van der Waals surface area contributed by atoms with Gasteiger partial charge in [0.25, 0.3) is 0 Å². The van der Waals surface area contributed by atoms with Crippen molar-refractivity contribution in [2.45, 2.75) is 26.4 Å². The highest BCUT2D eigenvalue weighted by Gasteiger charge is 2.22. The first kappa shape index (κ1) is 12.4. The Kier molecular flexibility index (Phi) is 3.15. The van der Waals surface area contributed by atoms with Crippen molar-refractivity contribution < 1.29 is 4.74 Å². The van der Waals surface area contributed by atoms with E-state index in [9.17, 15) is 0 Å². The molecule has 0 radical (unpaired) electrons. The fourth-order valence-corrected chi connectivity index (χ4v) is 2.71. The zero-order chi connectivity index (χ0) is 13.4. The van der Waals surface area contributed by atoms with Crippen LogP contribution in [0.2, 0.25) is 5.02 Å². The number of aromatic nitrogens is 1. The summed E-state index contributed by atoms with van der Waals surface area (Å²) in [5.41, 5.74) is 7.02. The molecule has 3 rings (SSSR count). The fourth-order valence-electron chi connectivity index (χ4n) is 2.51. The minimum Gasteiger partial charge on any atom is -0.488 e. The van der Waals surface area contributed by atoms with Crippen molar-refractivity contribution in [3.63, 3.8) is 0 Å². The lowest BCUT2D eigenvalue weighted by molar-refractivity contribution is 0.242. The summed E-state index contributed by atoms with van der Waals surface area (Å²) in [7, 11) is 0. The number of halogens is 1. The summed E-state index contributed by atoms with van der Waals surface area (Å²) in [5, 5.41) is 0.771. The number of nitrogens with zero attached hydrogens (tertiary/aromatic N) is 1. The number of ether oxygens (including phenoxy) is 1. The second-order valence-electron chi connectivity index (χ2n) is 5.01. The smallest absolute Gasteiger partial charge is 0.123 e. The van der Waals surface area contributed by atoms with Gasteiger partial charge in [0, 0.05) is 22.8 Å². The van der Waals surface area contributed by atoms with Crippen LogP contribution in [0.25, 0.3) is 0 Å². The Morgan fingerprint density at radius 2 is 2.00 bits per heavy atom. The van der Waals surface area contributed by atoms with Gasteiger partial charge in [-0.25, -0.2) is 0 Å². The minimum absolute atomic E-state index is 0.162. The Balaban J connectivity index is 1.65. The fraction of sp³-hybridized carbons (Fsp3) is 0.333. The molecule has 2 heterocycles. The molecule has 1 unspecified atom stereocenters. The Bertz CT molecular complexity index is 587. The first-order chi connectivity index (χ1) is 9.13. The molecule has 0 spiro atoms. The Morgan fingerprint density at radius 3 is 2.74 bits per heavy atom. The van der Waals surface area contributed by atoms with Crippen molar-refractivity contribution in [3.05, 3.63) is 52.3 Å². The van der Waals surface area contributed by atoms with E-state index in [-0.39, 0.29) is 6.10 Å². The number of benzene rings is 1. The lowest BCUT2D eigenvalue weighted by Gasteiger charge is -2.16. The maximum Gasteiger partial charge on any atom is 0.123 e. The molecule has 0 fully saturated rings. The van der Waals surface area contributed by atoms with Crippen LogP contribution in [0.3, 0.4) is 0 Å². The van der Waals surface area contributed by atoms with E-state index >= 15 is 0 Å². The number of nitrogens with one attached hydrogen (secondary N) is 1. The normalized spacial score (nSPS) is 17.1. The van der Waals surface area contributed by atoms with Crippen molar-refractivity contribution in [2.24, 2.45) is 0 Å². The van der Waals surface area contributed by atoms with Crippen LogP contribution in [0.1, 0.15) is 17.0 Å². The molecule has 1 aliphatic heterocycles.